The highest BCUT2D eigenvalue weighted by molar-refractivity contribution is 9.25. The molecule has 172 valence electrons. The highest BCUT2D eigenvalue weighted by Gasteiger charge is 2.51. The molecule has 2 aliphatic heterocycles. The summed E-state index contributed by atoms with van der Waals surface area (Å²) in [6, 6.07) is 0. The normalized spacial score (nSPS) is 36.1. The van der Waals surface area contributed by atoms with Crippen LogP contribution < -0.4 is 0 Å². The molecule has 2 fully saturated rings. The molecule has 0 aromatic heterocycles. The molecule has 2 atom stereocenters. The van der Waals surface area contributed by atoms with Crippen molar-refractivity contribution in [3.05, 3.63) is 0 Å². The van der Waals surface area contributed by atoms with Crippen molar-refractivity contribution in [2.45, 2.75) is 31.1 Å². The van der Waals surface area contributed by atoms with Gasteiger partial charge in [0.15, 0.2) is 0 Å². The number of hydrogen-bond donors (Lipinski definition) is 0. The second kappa shape index (κ2) is 10.5. The largest absolute Gasteiger partial charge is 0.474 e. The Morgan fingerprint density at radius 2 is 1.10 bits per heavy atom. The van der Waals surface area contributed by atoms with Crippen molar-refractivity contribution in [2.24, 2.45) is 5.41 Å². The van der Waals surface area contributed by atoms with Gasteiger partial charge >= 0.3 is 15.6 Å². The van der Waals surface area contributed by atoms with Crippen molar-refractivity contribution in [1.29, 1.82) is 0 Å². The molecular formula is C13H20Br4Cl2O8P2. The van der Waals surface area contributed by atoms with Gasteiger partial charge in [0, 0.05) is 0 Å². The van der Waals surface area contributed by atoms with Crippen molar-refractivity contribution in [2.75, 3.05) is 39.6 Å². The molecule has 2 heterocycles. The first-order valence-electron chi connectivity index (χ1n) is 8.24. The molecule has 0 N–H and O–H groups in total. The lowest BCUT2D eigenvalue weighted by molar-refractivity contribution is -0.0954. The zero-order chi connectivity index (χ0) is 22.1. The monoisotopic (exact) mass is 752 g/mol. The molecule has 2 aliphatic rings. The predicted molar refractivity (Wildman–Crippen MR) is 125 cm³/mol. The molecule has 0 bridgehead atoms. The second-order valence-corrected chi connectivity index (χ2v) is 19.2. The lowest BCUT2D eigenvalue weighted by Crippen LogP contribution is -2.46. The fourth-order valence-corrected chi connectivity index (χ4v) is 6.09. The van der Waals surface area contributed by atoms with Crippen LogP contribution in [-0.4, -0.2) is 56.9 Å². The molecule has 2 unspecified atom stereocenters. The van der Waals surface area contributed by atoms with E-state index in [0.29, 0.717) is 0 Å². The number of halogens is 6. The van der Waals surface area contributed by atoms with Crippen LogP contribution in [0.4, 0.5) is 0 Å². The van der Waals surface area contributed by atoms with Crippen LogP contribution in [0.2, 0.25) is 0 Å². The van der Waals surface area contributed by atoms with Gasteiger partial charge in [0.05, 0.1) is 55.8 Å². The zero-order valence-electron chi connectivity index (χ0n) is 15.3. The van der Waals surface area contributed by atoms with E-state index in [2.05, 4.69) is 63.7 Å². The topological polar surface area (TPSA) is 89.5 Å². The van der Waals surface area contributed by atoms with Gasteiger partial charge in [-0.15, -0.1) is 23.2 Å². The quantitative estimate of drug-likeness (QED) is 0.204. The Hall–Kier alpha value is 2.72. The van der Waals surface area contributed by atoms with Crippen molar-refractivity contribution in [1.82, 2.24) is 0 Å². The summed E-state index contributed by atoms with van der Waals surface area (Å²) in [5.74, 6) is 0. The Morgan fingerprint density at radius 3 is 1.34 bits per heavy atom. The molecule has 2 rings (SSSR count). The number of phosphoric ester groups is 2. The van der Waals surface area contributed by atoms with Crippen molar-refractivity contribution < 1.29 is 36.3 Å². The number of phosphoric acid groups is 2. The van der Waals surface area contributed by atoms with E-state index < -0.39 is 27.5 Å². The summed E-state index contributed by atoms with van der Waals surface area (Å²) < 4.78 is 55.7. The Bertz CT molecular complexity index is 598. The van der Waals surface area contributed by atoms with E-state index in [-0.39, 0.29) is 50.4 Å². The van der Waals surface area contributed by atoms with E-state index in [0.717, 1.165) is 0 Å². The van der Waals surface area contributed by atoms with Crippen LogP contribution in [0.15, 0.2) is 0 Å². The first kappa shape index (κ1) is 28.0. The lowest BCUT2D eigenvalue weighted by atomic mass is 9.93. The Kier molecular flexibility index (Phi) is 10.2. The summed E-state index contributed by atoms with van der Waals surface area (Å²) in [5, 5.41) is -0.724. The molecule has 16 heteroatoms. The summed E-state index contributed by atoms with van der Waals surface area (Å²) >= 11 is 25.4. The van der Waals surface area contributed by atoms with Crippen molar-refractivity contribution in [3.63, 3.8) is 0 Å². The maximum Gasteiger partial charge on any atom is 0.474 e. The Balaban J connectivity index is 1.85. The van der Waals surface area contributed by atoms with Crippen LogP contribution in [-0.2, 0) is 36.3 Å². The van der Waals surface area contributed by atoms with Gasteiger partial charge in [-0.05, 0) is 13.8 Å². The van der Waals surface area contributed by atoms with Crippen LogP contribution in [0.1, 0.15) is 13.8 Å². The second-order valence-electron chi connectivity index (χ2n) is 6.79. The van der Waals surface area contributed by atoms with E-state index >= 15 is 0 Å². The van der Waals surface area contributed by atoms with Crippen LogP contribution in [0.25, 0.3) is 0 Å². The highest BCUT2D eigenvalue weighted by atomic mass is 79.9. The number of alkyl halides is 6. The molecule has 29 heavy (non-hydrogen) atoms. The molecule has 0 saturated carbocycles. The molecule has 1 spiro atoms. The van der Waals surface area contributed by atoms with Crippen LogP contribution in [0.5, 0.6) is 0 Å². The fourth-order valence-electron chi connectivity index (χ4n) is 1.90. The SMILES string of the molecule is CC(Cl)C(Br)(Br)COP1(=O)OCC2(CO1)COP(=O)(OCC(Br)(Br)C(C)Cl)OC2. The average Bonchev–Trinajstić information content (AvgIpc) is 2.64. The van der Waals surface area contributed by atoms with Gasteiger partial charge in [-0.2, -0.15) is 0 Å². The lowest BCUT2D eigenvalue weighted by Gasteiger charge is -2.42. The minimum atomic E-state index is -3.78. The van der Waals surface area contributed by atoms with Crippen LogP contribution in [0, 0.1) is 5.41 Å². The maximum absolute atomic E-state index is 12.6. The minimum absolute atomic E-state index is 0.0299. The Labute approximate surface area is 213 Å². The zero-order valence-corrected chi connectivity index (χ0v) is 25.0. The minimum Gasteiger partial charge on any atom is -0.286 e. The average molecular weight is 757 g/mol. The summed E-state index contributed by atoms with van der Waals surface area (Å²) in [4.78, 5) is 0. The molecule has 2 saturated heterocycles. The van der Waals surface area contributed by atoms with Crippen LogP contribution in [0.3, 0.4) is 0 Å². The molecule has 8 nitrogen and oxygen atoms in total. The predicted octanol–water partition coefficient (Wildman–Crippen LogP) is 6.54. The van der Waals surface area contributed by atoms with Gasteiger partial charge in [-0.3, -0.25) is 27.1 Å². The van der Waals surface area contributed by atoms with Gasteiger partial charge in [0.25, 0.3) is 0 Å². The van der Waals surface area contributed by atoms with E-state index in [9.17, 15) is 9.13 Å². The summed E-state index contributed by atoms with van der Waals surface area (Å²) in [6.45, 7) is 3.24. The first-order valence-corrected chi connectivity index (χ1v) is 15.2. The summed E-state index contributed by atoms with van der Waals surface area (Å²) in [6.07, 6.45) is 0. The number of hydrogen-bond acceptors (Lipinski definition) is 8. The third-order valence-corrected chi connectivity index (χ3v) is 12.2. The third-order valence-electron chi connectivity index (χ3n) is 4.11. The molecule has 0 radical (unpaired) electrons. The van der Waals surface area contributed by atoms with Gasteiger partial charge in [0.1, 0.15) is 6.47 Å². The first-order chi connectivity index (χ1) is 13.1. The van der Waals surface area contributed by atoms with Gasteiger partial charge in [0.2, 0.25) is 0 Å². The van der Waals surface area contributed by atoms with E-state index in [1.165, 1.54) is 0 Å². The van der Waals surface area contributed by atoms with Gasteiger partial charge in [-0.1, -0.05) is 63.7 Å². The van der Waals surface area contributed by atoms with E-state index in [1.807, 2.05) is 0 Å². The molecule has 0 aliphatic carbocycles. The van der Waals surface area contributed by atoms with E-state index in [1.54, 1.807) is 13.8 Å². The van der Waals surface area contributed by atoms with E-state index in [4.69, 9.17) is 50.3 Å². The standard InChI is InChI=1S/C13H20Br4Cl2O8P2/c1-9(18)12(14,15)7-26-28(20)22-3-11(4-23-28)5-24-29(21,25-6-11)27-8-13(16,17)10(2)19/h9-10H,3-8H2,1-2H3. The number of rotatable bonds is 8. The molecule has 0 aromatic carbocycles. The molecule has 0 aromatic rings. The smallest absolute Gasteiger partial charge is 0.286 e. The van der Waals surface area contributed by atoms with Gasteiger partial charge < -0.3 is 0 Å². The third kappa shape index (κ3) is 7.88. The molecule has 0 amide bonds. The molecular weight excluding hydrogens is 737 g/mol. The van der Waals surface area contributed by atoms with Crippen LogP contribution >= 0.6 is 103 Å². The maximum atomic E-state index is 12.6. The fraction of sp³-hybridized carbons (Fsp3) is 1.00. The van der Waals surface area contributed by atoms with Gasteiger partial charge in [-0.25, -0.2) is 9.13 Å². The highest BCUT2D eigenvalue weighted by Crippen LogP contribution is 2.61. The van der Waals surface area contributed by atoms with Crippen molar-refractivity contribution >= 4 is 103 Å². The summed E-state index contributed by atoms with van der Waals surface area (Å²) in [5.41, 5.74) is -0.784. The Morgan fingerprint density at radius 1 is 0.828 bits per heavy atom. The van der Waals surface area contributed by atoms with Crippen molar-refractivity contribution in [3.8, 4) is 0 Å². The summed E-state index contributed by atoms with van der Waals surface area (Å²) in [7, 11) is -7.55.